The van der Waals surface area contributed by atoms with Crippen molar-refractivity contribution in [3.63, 3.8) is 0 Å². The minimum absolute atomic E-state index is 0.0434. The van der Waals surface area contributed by atoms with Crippen molar-refractivity contribution in [2.75, 3.05) is 0 Å². The molecule has 0 saturated carbocycles. The Hall–Kier alpha value is -2.18. The average Bonchev–Trinajstić information content (AvgIpc) is 2.46. The average molecular weight is 198 g/mol. The van der Waals surface area contributed by atoms with Crippen LogP contribution in [-0.2, 0) is 0 Å². The van der Waals surface area contributed by atoms with Crippen LogP contribution in [-0.4, -0.2) is 10.1 Å². The summed E-state index contributed by atoms with van der Waals surface area (Å²) in [7, 11) is 0. The van der Waals surface area contributed by atoms with Gasteiger partial charge in [-0.15, -0.1) is 0 Å². The molecule has 0 amide bonds. The molecule has 1 aromatic heterocycles. The van der Waals surface area contributed by atoms with Crippen LogP contribution < -0.4 is 5.56 Å². The number of nitrogens with one attached hydrogen (secondary N) is 1. The zero-order valence-electron chi connectivity index (χ0n) is 6.61. The zero-order chi connectivity index (χ0) is 10.3. The Morgan fingerprint density at radius 1 is 1.50 bits per heavy atom. The fraction of sp³-hybridized carbons (Fsp3) is 0. The van der Waals surface area contributed by atoms with E-state index < -0.39 is 22.0 Å². The highest BCUT2D eigenvalue weighted by Gasteiger charge is 2.18. The van der Waals surface area contributed by atoms with Gasteiger partial charge in [0.15, 0.2) is 5.58 Å². The van der Waals surface area contributed by atoms with Gasteiger partial charge in [0.25, 0.3) is 5.56 Å². The number of hydrogen-bond donors (Lipinski definition) is 1. The minimum Gasteiger partial charge on any atom is -0.378 e. The fourth-order valence-corrected chi connectivity index (χ4v) is 1.10. The van der Waals surface area contributed by atoms with E-state index >= 15 is 0 Å². The molecule has 72 valence electrons. The van der Waals surface area contributed by atoms with E-state index in [9.17, 15) is 19.3 Å². The topological polar surface area (TPSA) is 89.1 Å². The molecule has 1 N–H and O–H groups in total. The number of rotatable bonds is 1. The van der Waals surface area contributed by atoms with Gasteiger partial charge in [-0.05, 0) is 0 Å². The number of nitro benzene ring substituents is 1. The van der Waals surface area contributed by atoms with Gasteiger partial charge in [-0.3, -0.25) is 14.9 Å². The van der Waals surface area contributed by atoms with Crippen molar-refractivity contribution >= 4 is 16.7 Å². The molecule has 14 heavy (non-hydrogen) atoms. The second-order valence-corrected chi connectivity index (χ2v) is 2.59. The van der Waals surface area contributed by atoms with E-state index in [4.69, 9.17) is 0 Å². The molecule has 2 rings (SSSR count). The summed E-state index contributed by atoms with van der Waals surface area (Å²) in [5.74, 6) is -1.04. The SMILES string of the molecule is O=c1[nH]oc2cc(F)c([N+](=O)[O-])cc12. The third-order valence-corrected chi connectivity index (χ3v) is 1.74. The van der Waals surface area contributed by atoms with Gasteiger partial charge in [-0.25, -0.2) is 0 Å². The Labute approximate surface area is 75.1 Å². The molecule has 0 radical (unpaired) electrons. The van der Waals surface area contributed by atoms with E-state index in [1.165, 1.54) is 0 Å². The van der Waals surface area contributed by atoms with E-state index in [1.54, 1.807) is 0 Å². The molecule has 6 nitrogen and oxygen atoms in total. The van der Waals surface area contributed by atoms with E-state index in [-0.39, 0.29) is 11.0 Å². The lowest BCUT2D eigenvalue weighted by molar-refractivity contribution is -0.387. The van der Waals surface area contributed by atoms with Gasteiger partial charge in [0.1, 0.15) is 0 Å². The molecule has 1 aromatic carbocycles. The molecule has 2 aromatic rings. The Balaban J connectivity index is 2.87. The van der Waals surface area contributed by atoms with Crippen LogP contribution >= 0.6 is 0 Å². The molecular formula is C7H3FN2O4. The fourth-order valence-electron chi connectivity index (χ4n) is 1.10. The maximum absolute atomic E-state index is 13.0. The van der Waals surface area contributed by atoms with Gasteiger partial charge in [0.05, 0.1) is 10.3 Å². The summed E-state index contributed by atoms with van der Waals surface area (Å²) in [5, 5.41) is 12.2. The molecule has 1 heterocycles. The largest absolute Gasteiger partial charge is 0.378 e. The molecule has 0 aliphatic heterocycles. The number of halogens is 1. The summed E-state index contributed by atoms with van der Waals surface area (Å²) in [5.41, 5.74) is -1.41. The van der Waals surface area contributed by atoms with E-state index in [2.05, 4.69) is 4.52 Å². The van der Waals surface area contributed by atoms with Gasteiger partial charge >= 0.3 is 5.69 Å². The first-order valence-corrected chi connectivity index (χ1v) is 3.54. The Kier molecular flexibility index (Phi) is 1.60. The number of aromatic amines is 1. The van der Waals surface area contributed by atoms with Crippen molar-refractivity contribution in [2.24, 2.45) is 0 Å². The molecular weight excluding hydrogens is 195 g/mol. The maximum atomic E-state index is 13.0. The first kappa shape index (κ1) is 8.42. The third kappa shape index (κ3) is 1.06. The second-order valence-electron chi connectivity index (χ2n) is 2.59. The first-order chi connectivity index (χ1) is 6.59. The number of H-pyrrole nitrogens is 1. The smallest absolute Gasteiger partial charge is 0.305 e. The number of hydrogen-bond acceptors (Lipinski definition) is 4. The van der Waals surface area contributed by atoms with Crippen molar-refractivity contribution in [2.45, 2.75) is 0 Å². The lowest BCUT2D eigenvalue weighted by Gasteiger charge is -1.91. The second kappa shape index (κ2) is 2.66. The number of aromatic nitrogens is 1. The van der Waals surface area contributed by atoms with Gasteiger partial charge in [-0.1, -0.05) is 0 Å². The predicted molar refractivity (Wildman–Crippen MR) is 43.4 cm³/mol. The summed E-state index contributed by atoms with van der Waals surface area (Å²) in [6, 6.07) is 1.64. The van der Waals surface area contributed by atoms with Crippen molar-refractivity contribution in [1.29, 1.82) is 0 Å². The molecule has 0 fully saturated rings. The van der Waals surface area contributed by atoms with Crippen LogP contribution in [0.3, 0.4) is 0 Å². The van der Waals surface area contributed by atoms with Crippen LogP contribution in [0, 0.1) is 15.9 Å². The summed E-state index contributed by atoms with van der Waals surface area (Å²) < 4.78 is 17.5. The molecule has 0 aliphatic rings. The molecule has 0 unspecified atom stereocenters. The Bertz CT molecular complexity index is 571. The number of fused-ring (bicyclic) bond motifs is 1. The monoisotopic (exact) mass is 198 g/mol. The van der Waals surface area contributed by atoms with Gasteiger partial charge < -0.3 is 4.52 Å². The van der Waals surface area contributed by atoms with Crippen LogP contribution in [0.2, 0.25) is 0 Å². The lowest BCUT2D eigenvalue weighted by atomic mass is 10.2. The number of benzene rings is 1. The zero-order valence-corrected chi connectivity index (χ0v) is 6.61. The highest BCUT2D eigenvalue weighted by molar-refractivity contribution is 5.78. The first-order valence-electron chi connectivity index (χ1n) is 3.54. The van der Waals surface area contributed by atoms with Crippen LogP contribution in [0.4, 0.5) is 10.1 Å². The van der Waals surface area contributed by atoms with Crippen molar-refractivity contribution in [1.82, 2.24) is 5.16 Å². The highest BCUT2D eigenvalue weighted by Crippen LogP contribution is 2.21. The third-order valence-electron chi connectivity index (χ3n) is 1.74. The minimum atomic E-state index is -1.04. The van der Waals surface area contributed by atoms with Gasteiger partial charge in [0, 0.05) is 12.1 Å². The maximum Gasteiger partial charge on any atom is 0.305 e. The standard InChI is InChI=1S/C7H3FN2O4/c8-4-2-6-3(7(11)9-14-6)1-5(4)10(12)13/h1-2H,(H,9,11). The molecule has 0 aliphatic carbocycles. The Morgan fingerprint density at radius 3 is 2.86 bits per heavy atom. The summed E-state index contributed by atoms with van der Waals surface area (Å²) in [6.45, 7) is 0. The molecule has 7 heteroatoms. The summed E-state index contributed by atoms with van der Waals surface area (Å²) in [4.78, 5) is 20.4. The molecule has 0 spiro atoms. The Morgan fingerprint density at radius 2 is 2.21 bits per heavy atom. The van der Waals surface area contributed by atoms with Crippen molar-refractivity contribution < 1.29 is 13.8 Å². The molecule has 0 saturated heterocycles. The van der Waals surface area contributed by atoms with E-state index in [0.29, 0.717) is 0 Å². The van der Waals surface area contributed by atoms with Crippen LogP contribution in [0.15, 0.2) is 21.5 Å². The number of nitro groups is 1. The van der Waals surface area contributed by atoms with Crippen LogP contribution in [0.1, 0.15) is 0 Å². The van der Waals surface area contributed by atoms with E-state index in [0.717, 1.165) is 12.1 Å². The quantitative estimate of drug-likeness (QED) is 0.550. The van der Waals surface area contributed by atoms with Gasteiger partial charge in [0.2, 0.25) is 5.82 Å². The molecule has 0 bridgehead atoms. The van der Waals surface area contributed by atoms with Crippen LogP contribution in [0.5, 0.6) is 0 Å². The summed E-state index contributed by atoms with van der Waals surface area (Å²) in [6.07, 6.45) is 0. The normalized spacial score (nSPS) is 10.6. The van der Waals surface area contributed by atoms with Gasteiger partial charge in [-0.2, -0.15) is 9.55 Å². The van der Waals surface area contributed by atoms with Crippen molar-refractivity contribution in [3.05, 3.63) is 38.4 Å². The molecule has 0 atom stereocenters. The summed E-state index contributed by atoms with van der Waals surface area (Å²) >= 11 is 0. The van der Waals surface area contributed by atoms with E-state index in [1.807, 2.05) is 5.16 Å². The predicted octanol–water partition coefficient (Wildman–Crippen LogP) is 1.17. The van der Waals surface area contributed by atoms with Crippen molar-refractivity contribution in [3.8, 4) is 0 Å². The van der Waals surface area contributed by atoms with Crippen LogP contribution in [0.25, 0.3) is 11.0 Å². The number of nitrogens with zero attached hydrogens (tertiary/aromatic N) is 1. The highest BCUT2D eigenvalue weighted by atomic mass is 19.1. The lowest BCUT2D eigenvalue weighted by Crippen LogP contribution is -1.98.